The maximum absolute atomic E-state index is 9.00. The number of β-amino-alcohol motifs (C(OH)–C–C–N with tert-alkyl or cyclic N) is 1. The molecule has 2 fully saturated rings. The van der Waals surface area contributed by atoms with Gasteiger partial charge >= 0.3 is 0 Å². The highest BCUT2D eigenvalue weighted by Crippen LogP contribution is 2.27. The van der Waals surface area contributed by atoms with Crippen LogP contribution >= 0.6 is 0 Å². The van der Waals surface area contributed by atoms with Gasteiger partial charge in [-0.1, -0.05) is 6.42 Å². The predicted molar refractivity (Wildman–Crippen MR) is 61.9 cm³/mol. The van der Waals surface area contributed by atoms with E-state index in [9.17, 15) is 0 Å². The lowest BCUT2D eigenvalue weighted by molar-refractivity contribution is 0.115. The number of aliphatic hydroxyl groups excluding tert-OH is 1. The summed E-state index contributed by atoms with van der Waals surface area (Å²) in [6, 6.07) is 0.671. The van der Waals surface area contributed by atoms with Crippen molar-refractivity contribution in [3.05, 3.63) is 0 Å². The minimum absolute atomic E-state index is 0.305. The zero-order valence-electron chi connectivity index (χ0n) is 9.62. The zero-order chi connectivity index (χ0) is 10.5. The van der Waals surface area contributed by atoms with Crippen molar-refractivity contribution < 1.29 is 5.11 Å². The molecule has 1 unspecified atom stereocenters. The van der Waals surface area contributed by atoms with Gasteiger partial charge < -0.3 is 10.4 Å². The molecule has 0 bridgehead atoms. The Morgan fingerprint density at radius 3 is 2.73 bits per heavy atom. The summed E-state index contributed by atoms with van der Waals surface area (Å²) in [4.78, 5) is 2.45. The van der Waals surface area contributed by atoms with Gasteiger partial charge in [0.25, 0.3) is 0 Å². The highest BCUT2D eigenvalue weighted by Gasteiger charge is 2.24. The number of rotatable bonds is 6. The van der Waals surface area contributed by atoms with Crippen molar-refractivity contribution in [2.24, 2.45) is 5.92 Å². The summed E-state index contributed by atoms with van der Waals surface area (Å²) >= 11 is 0. The van der Waals surface area contributed by atoms with E-state index in [1.54, 1.807) is 0 Å². The van der Waals surface area contributed by atoms with Crippen LogP contribution < -0.4 is 5.32 Å². The van der Waals surface area contributed by atoms with Gasteiger partial charge in [0.1, 0.15) is 0 Å². The number of aliphatic hydroxyl groups is 1. The summed E-state index contributed by atoms with van der Waals surface area (Å²) in [5.74, 6) is 0.972. The molecule has 1 atom stereocenters. The van der Waals surface area contributed by atoms with Crippen molar-refractivity contribution in [2.45, 2.75) is 38.1 Å². The molecule has 0 aromatic heterocycles. The molecule has 3 nitrogen and oxygen atoms in total. The van der Waals surface area contributed by atoms with Crippen LogP contribution in [0.3, 0.4) is 0 Å². The van der Waals surface area contributed by atoms with Crippen molar-refractivity contribution in [1.29, 1.82) is 0 Å². The maximum atomic E-state index is 9.00. The summed E-state index contributed by atoms with van der Waals surface area (Å²) < 4.78 is 0. The van der Waals surface area contributed by atoms with E-state index in [2.05, 4.69) is 10.2 Å². The first-order chi connectivity index (χ1) is 7.40. The van der Waals surface area contributed by atoms with Crippen LogP contribution in [0.1, 0.15) is 32.1 Å². The molecular formula is C12H24N2O. The summed E-state index contributed by atoms with van der Waals surface area (Å²) in [5.41, 5.74) is 0. The summed E-state index contributed by atoms with van der Waals surface area (Å²) in [6.45, 7) is 4.67. The lowest BCUT2D eigenvalue weighted by atomic mass is 10.0. The first kappa shape index (κ1) is 11.4. The fourth-order valence-corrected chi connectivity index (χ4v) is 2.49. The van der Waals surface area contributed by atoms with E-state index in [0.717, 1.165) is 19.0 Å². The molecule has 1 saturated carbocycles. The Hall–Kier alpha value is -0.120. The molecule has 1 aliphatic heterocycles. The smallest absolute Gasteiger partial charge is 0.0558 e. The minimum Gasteiger partial charge on any atom is -0.395 e. The molecule has 2 N–H and O–H groups in total. The van der Waals surface area contributed by atoms with Gasteiger partial charge in [-0.3, -0.25) is 4.90 Å². The fourth-order valence-electron chi connectivity index (χ4n) is 2.49. The van der Waals surface area contributed by atoms with Crippen molar-refractivity contribution in [1.82, 2.24) is 10.2 Å². The van der Waals surface area contributed by atoms with Gasteiger partial charge in [-0.25, -0.2) is 0 Å². The highest BCUT2D eigenvalue weighted by molar-refractivity contribution is 4.81. The van der Waals surface area contributed by atoms with E-state index < -0.39 is 0 Å². The number of hydrogen-bond acceptors (Lipinski definition) is 3. The molecule has 0 amide bonds. The van der Waals surface area contributed by atoms with Crippen LogP contribution in [-0.4, -0.2) is 48.8 Å². The van der Waals surface area contributed by atoms with E-state index in [1.807, 2.05) is 0 Å². The topological polar surface area (TPSA) is 35.5 Å². The number of hydrogen-bond donors (Lipinski definition) is 2. The van der Waals surface area contributed by atoms with Crippen LogP contribution in [0, 0.1) is 5.92 Å². The largest absolute Gasteiger partial charge is 0.395 e. The average Bonchev–Trinajstić information content (AvgIpc) is 3.05. The molecule has 0 spiro atoms. The van der Waals surface area contributed by atoms with E-state index in [4.69, 9.17) is 5.11 Å². The molecular weight excluding hydrogens is 188 g/mol. The first-order valence-corrected chi connectivity index (χ1v) is 6.46. The monoisotopic (exact) mass is 212 g/mol. The second-order valence-corrected chi connectivity index (χ2v) is 5.01. The SMILES string of the molecule is OCCN1CCCCC1CNCC1CC1. The maximum Gasteiger partial charge on any atom is 0.0558 e. The zero-order valence-corrected chi connectivity index (χ0v) is 9.62. The lowest BCUT2D eigenvalue weighted by Crippen LogP contribution is -2.46. The molecule has 0 aromatic rings. The average molecular weight is 212 g/mol. The van der Waals surface area contributed by atoms with Crippen molar-refractivity contribution >= 4 is 0 Å². The summed E-state index contributed by atoms with van der Waals surface area (Å²) in [6.07, 6.45) is 6.82. The minimum atomic E-state index is 0.305. The quantitative estimate of drug-likeness (QED) is 0.684. The van der Waals surface area contributed by atoms with E-state index in [-0.39, 0.29) is 0 Å². The summed E-state index contributed by atoms with van der Waals surface area (Å²) in [5, 5.41) is 12.6. The Morgan fingerprint density at radius 1 is 1.13 bits per heavy atom. The van der Waals surface area contributed by atoms with Crippen molar-refractivity contribution in [2.75, 3.05) is 32.8 Å². The van der Waals surface area contributed by atoms with Crippen LogP contribution in [0.2, 0.25) is 0 Å². The first-order valence-electron chi connectivity index (χ1n) is 6.46. The molecule has 2 rings (SSSR count). The van der Waals surface area contributed by atoms with Crippen LogP contribution in [0.4, 0.5) is 0 Å². The molecule has 88 valence electrons. The van der Waals surface area contributed by atoms with Gasteiger partial charge in [-0.2, -0.15) is 0 Å². The molecule has 15 heavy (non-hydrogen) atoms. The fraction of sp³-hybridized carbons (Fsp3) is 1.00. The van der Waals surface area contributed by atoms with Crippen LogP contribution in [0.25, 0.3) is 0 Å². The molecule has 0 aromatic carbocycles. The Balaban J connectivity index is 1.66. The molecule has 1 heterocycles. The molecule has 1 saturated heterocycles. The van der Waals surface area contributed by atoms with Crippen molar-refractivity contribution in [3.8, 4) is 0 Å². The molecule has 0 radical (unpaired) electrons. The third kappa shape index (κ3) is 3.74. The van der Waals surface area contributed by atoms with Gasteiger partial charge in [-0.15, -0.1) is 0 Å². The standard InChI is InChI=1S/C12H24N2O/c15-8-7-14-6-2-1-3-12(14)10-13-9-11-4-5-11/h11-13,15H,1-10H2. The Kier molecular flexibility index (Phi) is 4.42. The predicted octanol–water partition coefficient (Wildman–Crippen LogP) is 0.833. The Morgan fingerprint density at radius 2 is 2.00 bits per heavy atom. The van der Waals surface area contributed by atoms with Gasteiger partial charge in [0.15, 0.2) is 0 Å². The Labute approximate surface area is 92.8 Å². The normalized spacial score (nSPS) is 28.2. The number of nitrogens with zero attached hydrogens (tertiary/aromatic N) is 1. The number of likely N-dealkylation sites (tertiary alicyclic amines) is 1. The van der Waals surface area contributed by atoms with Crippen LogP contribution in [0.5, 0.6) is 0 Å². The summed E-state index contributed by atoms with van der Waals surface area (Å²) in [7, 11) is 0. The van der Waals surface area contributed by atoms with Crippen LogP contribution in [-0.2, 0) is 0 Å². The number of piperidine rings is 1. The van der Waals surface area contributed by atoms with Gasteiger partial charge in [0.2, 0.25) is 0 Å². The molecule has 1 aliphatic carbocycles. The Bertz CT molecular complexity index is 180. The van der Waals surface area contributed by atoms with E-state index >= 15 is 0 Å². The highest BCUT2D eigenvalue weighted by atomic mass is 16.3. The van der Waals surface area contributed by atoms with Gasteiger partial charge in [-0.05, 0) is 44.7 Å². The number of nitrogens with one attached hydrogen (secondary N) is 1. The van der Waals surface area contributed by atoms with E-state index in [0.29, 0.717) is 12.6 Å². The third-order valence-corrected chi connectivity index (χ3v) is 3.65. The second-order valence-electron chi connectivity index (χ2n) is 5.01. The third-order valence-electron chi connectivity index (χ3n) is 3.65. The lowest BCUT2D eigenvalue weighted by Gasteiger charge is -2.35. The van der Waals surface area contributed by atoms with Gasteiger partial charge in [0, 0.05) is 19.1 Å². The van der Waals surface area contributed by atoms with Crippen LogP contribution in [0.15, 0.2) is 0 Å². The van der Waals surface area contributed by atoms with E-state index in [1.165, 1.54) is 45.2 Å². The van der Waals surface area contributed by atoms with Gasteiger partial charge in [0.05, 0.1) is 6.61 Å². The molecule has 2 aliphatic rings. The molecule has 3 heteroatoms. The second kappa shape index (κ2) is 5.83. The van der Waals surface area contributed by atoms with Crippen molar-refractivity contribution in [3.63, 3.8) is 0 Å².